The van der Waals surface area contributed by atoms with E-state index in [4.69, 9.17) is 9.15 Å². The predicted octanol–water partition coefficient (Wildman–Crippen LogP) is 1.12. The van der Waals surface area contributed by atoms with Crippen LogP contribution in [-0.4, -0.2) is 49.9 Å². The Balaban J connectivity index is 1.77. The monoisotopic (exact) mass is 345 g/mol. The molecule has 8 nitrogen and oxygen atoms in total. The molecule has 0 fully saturated rings. The lowest BCUT2D eigenvalue weighted by molar-refractivity contribution is -0.132. The molecule has 0 saturated heterocycles. The molecule has 0 saturated carbocycles. The molecule has 0 aliphatic carbocycles. The van der Waals surface area contributed by atoms with Crippen LogP contribution in [0, 0.1) is 0 Å². The van der Waals surface area contributed by atoms with Gasteiger partial charge in [0.25, 0.3) is 5.91 Å². The topological polar surface area (TPSA) is 101 Å². The highest BCUT2D eigenvalue weighted by molar-refractivity contribution is 5.97. The molecule has 0 aliphatic rings. The summed E-state index contributed by atoms with van der Waals surface area (Å²) in [6.45, 7) is -0.344. The summed E-state index contributed by atoms with van der Waals surface area (Å²) in [4.78, 5) is 36.9. The number of nitrogens with one attached hydrogen (secondary N) is 2. The molecule has 8 heteroatoms. The molecule has 1 aromatic heterocycles. The van der Waals surface area contributed by atoms with Gasteiger partial charge in [-0.15, -0.1) is 0 Å². The van der Waals surface area contributed by atoms with E-state index in [2.05, 4.69) is 10.6 Å². The number of ether oxygens (including phenoxy) is 1. The molecule has 0 radical (unpaired) electrons. The lowest BCUT2D eigenvalue weighted by Crippen LogP contribution is -2.41. The van der Waals surface area contributed by atoms with Crippen molar-refractivity contribution >= 4 is 23.4 Å². The van der Waals surface area contributed by atoms with Gasteiger partial charge in [0.15, 0.2) is 0 Å². The van der Waals surface area contributed by atoms with E-state index < -0.39 is 5.91 Å². The van der Waals surface area contributed by atoms with E-state index in [0.29, 0.717) is 17.0 Å². The number of nitrogens with zero attached hydrogens (tertiary/aromatic N) is 1. The lowest BCUT2D eigenvalue weighted by atomic mass is 10.3. The Hall–Kier alpha value is -3.29. The number of rotatable bonds is 7. The molecular formula is C17H19N3O5. The third-order valence-electron chi connectivity index (χ3n) is 3.36. The van der Waals surface area contributed by atoms with Crippen LogP contribution < -0.4 is 15.4 Å². The van der Waals surface area contributed by atoms with Gasteiger partial charge in [-0.05, 0) is 30.3 Å². The van der Waals surface area contributed by atoms with E-state index in [9.17, 15) is 14.4 Å². The Bertz CT molecular complexity index is 725. The molecule has 2 rings (SSSR count). The summed E-state index contributed by atoms with van der Waals surface area (Å²) in [6.07, 6.45) is 2.65. The molecule has 1 heterocycles. The van der Waals surface area contributed by atoms with E-state index in [1.54, 1.807) is 31.4 Å². The summed E-state index contributed by atoms with van der Waals surface area (Å²) in [5.41, 5.74) is 0.924. The number of methoxy groups -OCH3 is 1. The number of likely N-dealkylation sites (N-methyl/N-ethyl adjacent to an activating group) is 1. The Labute approximate surface area is 144 Å². The van der Waals surface area contributed by atoms with Crippen LogP contribution >= 0.6 is 0 Å². The number of hydrogen-bond acceptors (Lipinski definition) is 5. The number of hydrogen-bond donors (Lipinski definition) is 2. The van der Waals surface area contributed by atoms with Crippen molar-refractivity contribution in [1.82, 2.24) is 10.2 Å². The zero-order valence-electron chi connectivity index (χ0n) is 13.9. The molecule has 1 aromatic carbocycles. The molecule has 2 aromatic rings. The van der Waals surface area contributed by atoms with Crippen molar-refractivity contribution in [3.05, 3.63) is 48.4 Å². The zero-order valence-corrected chi connectivity index (χ0v) is 13.9. The van der Waals surface area contributed by atoms with Gasteiger partial charge in [0.2, 0.25) is 11.8 Å². The van der Waals surface area contributed by atoms with E-state index in [1.807, 2.05) is 0 Å². The molecule has 2 N–H and O–H groups in total. The number of carbonyl (C=O) groups excluding carboxylic acids is 3. The second kappa shape index (κ2) is 8.53. The summed E-state index contributed by atoms with van der Waals surface area (Å²) in [5.74, 6) is -0.472. The maximum Gasteiger partial charge on any atom is 0.254 e. The van der Waals surface area contributed by atoms with E-state index in [1.165, 1.54) is 30.5 Å². The summed E-state index contributed by atoms with van der Waals surface area (Å²) in [7, 11) is 3.04. The summed E-state index contributed by atoms with van der Waals surface area (Å²) in [5, 5.41) is 5.14. The maximum atomic E-state index is 12.0. The van der Waals surface area contributed by atoms with Crippen molar-refractivity contribution in [3.8, 4) is 5.75 Å². The van der Waals surface area contributed by atoms with Crippen LogP contribution in [0.25, 0.3) is 0 Å². The molecule has 0 bridgehead atoms. The van der Waals surface area contributed by atoms with E-state index in [0.717, 1.165) is 0 Å². The Morgan fingerprint density at radius 1 is 1.16 bits per heavy atom. The first-order valence-corrected chi connectivity index (χ1v) is 7.48. The smallest absolute Gasteiger partial charge is 0.254 e. The molecule has 132 valence electrons. The van der Waals surface area contributed by atoms with Crippen LogP contribution in [0.15, 0.2) is 47.3 Å². The van der Waals surface area contributed by atoms with Crippen molar-refractivity contribution < 1.29 is 23.5 Å². The standard InChI is InChI=1S/C17H19N3O5/c1-20(16(22)9-18-17(23)12-7-8-25-11-12)10-15(21)19-13-3-5-14(24-2)6-4-13/h3-8,11H,9-10H2,1-2H3,(H,18,23)(H,19,21). The number of amides is 3. The van der Waals surface area contributed by atoms with Crippen LogP contribution in [0.3, 0.4) is 0 Å². The fourth-order valence-electron chi connectivity index (χ4n) is 1.97. The van der Waals surface area contributed by atoms with Gasteiger partial charge in [-0.1, -0.05) is 0 Å². The zero-order chi connectivity index (χ0) is 18.2. The molecule has 3 amide bonds. The van der Waals surface area contributed by atoms with Crippen molar-refractivity contribution in [2.24, 2.45) is 0 Å². The molecular weight excluding hydrogens is 326 g/mol. The van der Waals surface area contributed by atoms with Gasteiger partial charge in [0.05, 0.1) is 32.0 Å². The van der Waals surface area contributed by atoms with Gasteiger partial charge < -0.3 is 24.7 Å². The van der Waals surface area contributed by atoms with Gasteiger partial charge >= 0.3 is 0 Å². The predicted molar refractivity (Wildman–Crippen MR) is 90.3 cm³/mol. The van der Waals surface area contributed by atoms with Gasteiger partial charge in [-0.25, -0.2) is 0 Å². The minimum absolute atomic E-state index is 0.132. The molecule has 0 spiro atoms. The first-order chi connectivity index (χ1) is 12.0. The first kappa shape index (κ1) is 18.1. The summed E-state index contributed by atoms with van der Waals surface area (Å²) in [6, 6.07) is 8.32. The van der Waals surface area contributed by atoms with Gasteiger partial charge in [-0.2, -0.15) is 0 Å². The van der Waals surface area contributed by atoms with Crippen molar-refractivity contribution in [3.63, 3.8) is 0 Å². The first-order valence-electron chi connectivity index (χ1n) is 7.48. The molecule has 25 heavy (non-hydrogen) atoms. The SMILES string of the molecule is COc1ccc(NC(=O)CN(C)C(=O)CNC(=O)c2ccoc2)cc1. The third kappa shape index (κ3) is 5.38. The lowest BCUT2D eigenvalue weighted by Gasteiger charge is -2.17. The number of anilines is 1. The Morgan fingerprint density at radius 3 is 2.48 bits per heavy atom. The Morgan fingerprint density at radius 2 is 1.88 bits per heavy atom. The van der Waals surface area contributed by atoms with Gasteiger partial charge in [-0.3, -0.25) is 14.4 Å². The number of furan rings is 1. The second-order valence-electron chi connectivity index (χ2n) is 5.22. The van der Waals surface area contributed by atoms with Gasteiger partial charge in [0.1, 0.15) is 12.0 Å². The van der Waals surface area contributed by atoms with Crippen LogP contribution in [0.5, 0.6) is 5.75 Å². The van der Waals surface area contributed by atoms with Crippen molar-refractivity contribution in [1.29, 1.82) is 0 Å². The quantitative estimate of drug-likeness (QED) is 0.783. The maximum absolute atomic E-state index is 12.0. The van der Waals surface area contributed by atoms with Crippen LogP contribution in [0.4, 0.5) is 5.69 Å². The van der Waals surface area contributed by atoms with E-state index >= 15 is 0 Å². The Kier molecular flexibility index (Phi) is 6.16. The molecule has 0 aliphatic heterocycles. The van der Waals surface area contributed by atoms with Crippen LogP contribution in [-0.2, 0) is 9.59 Å². The minimum atomic E-state index is -0.418. The fourth-order valence-corrected chi connectivity index (χ4v) is 1.97. The highest BCUT2D eigenvalue weighted by Crippen LogP contribution is 2.14. The van der Waals surface area contributed by atoms with Crippen molar-refractivity contribution in [2.75, 3.05) is 32.6 Å². The minimum Gasteiger partial charge on any atom is -0.497 e. The summed E-state index contributed by atoms with van der Waals surface area (Å²) < 4.78 is 9.83. The molecule has 0 unspecified atom stereocenters. The molecule has 0 atom stereocenters. The van der Waals surface area contributed by atoms with Crippen LogP contribution in [0.2, 0.25) is 0 Å². The number of benzene rings is 1. The van der Waals surface area contributed by atoms with Crippen LogP contribution in [0.1, 0.15) is 10.4 Å². The highest BCUT2D eigenvalue weighted by atomic mass is 16.5. The largest absolute Gasteiger partial charge is 0.497 e. The van der Waals surface area contributed by atoms with Gasteiger partial charge in [0, 0.05) is 12.7 Å². The normalized spacial score (nSPS) is 10.0. The van der Waals surface area contributed by atoms with Crippen molar-refractivity contribution in [2.45, 2.75) is 0 Å². The fraction of sp³-hybridized carbons (Fsp3) is 0.235. The highest BCUT2D eigenvalue weighted by Gasteiger charge is 2.15. The number of carbonyl (C=O) groups is 3. The second-order valence-corrected chi connectivity index (χ2v) is 5.22. The average molecular weight is 345 g/mol. The van der Waals surface area contributed by atoms with E-state index in [-0.39, 0.29) is 24.9 Å². The summed E-state index contributed by atoms with van der Waals surface area (Å²) >= 11 is 0. The third-order valence-corrected chi connectivity index (χ3v) is 3.36. The average Bonchev–Trinajstić information content (AvgIpc) is 3.14.